The fraction of sp³-hybridized carbons (Fsp3) is 0.458. The molecule has 1 N–H and O–H groups in total. The average Bonchev–Trinajstić information content (AvgIpc) is 2.76. The van der Waals surface area contributed by atoms with Crippen LogP contribution in [0, 0.1) is 12.8 Å². The summed E-state index contributed by atoms with van der Waals surface area (Å²) in [6, 6.07) is 13.9. The first kappa shape index (κ1) is 20.5. The number of aryl methyl sites for hydroxylation is 1. The fourth-order valence-electron chi connectivity index (χ4n) is 3.88. The van der Waals surface area contributed by atoms with E-state index >= 15 is 0 Å². The van der Waals surface area contributed by atoms with Crippen LogP contribution in [0.3, 0.4) is 0 Å². The summed E-state index contributed by atoms with van der Waals surface area (Å²) in [5, 5.41) is 3.04. The SMILES string of the molecule is Cc1cccc(COc2ccc3c(c2)O[C@H](CNC(=O)C2CCN(C)CC2)CO3)c1. The molecule has 6 heteroatoms. The van der Waals surface area contributed by atoms with Crippen molar-refractivity contribution in [3.63, 3.8) is 0 Å². The second-order valence-corrected chi connectivity index (χ2v) is 8.26. The van der Waals surface area contributed by atoms with Crippen LogP contribution in [0.25, 0.3) is 0 Å². The van der Waals surface area contributed by atoms with Crippen LogP contribution in [0.4, 0.5) is 0 Å². The molecule has 0 bridgehead atoms. The molecule has 4 rings (SSSR count). The van der Waals surface area contributed by atoms with Crippen LogP contribution in [0.5, 0.6) is 17.2 Å². The van der Waals surface area contributed by atoms with Gasteiger partial charge in [-0.05, 0) is 57.6 Å². The Morgan fingerprint density at radius 1 is 1.17 bits per heavy atom. The molecule has 0 saturated carbocycles. The van der Waals surface area contributed by atoms with Gasteiger partial charge in [-0.2, -0.15) is 0 Å². The fourth-order valence-corrected chi connectivity index (χ4v) is 3.88. The van der Waals surface area contributed by atoms with E-state index in [-0.39, 0.29) is 17.9 Å². The molecule has 1 atom stereocenters. The van der Waals surface area contributed by atoms with Gasteiger partial charge in [0.2, 0.25) is 5.91 Å². The molecular formula is C24H30N2O4. The van der Waals surface area contributed by atoms with Gasteiger partial charge in [-0.1, -0.05) is 29.8 Å². The Kier molecular flexibility index (Phi) is 6.43. The summed E-state index contributed by atoms with van der Waals surface area (Å²) in [5.41, 5.74) is 2.34. The van der Waals surface area contributed by atoms with Gasteiger partial charge in [0.15, 0.2) is 11.5 Å². The Hall–Kier alpha value is -2.73. The van der Waals surface area contributed by atoms with Crippen LogP contribution in [0.1, 0.15) is 24.0 Å². The summed E-state index contributed by atoms with van der Waals surface area (Å²) in [6.45, 7) is 5.37. The lowest BCUT2D eigenvalue weighted by molar-refractivity contribution is -0.126. The lowest BCUT2D eigenvalue weighted by Gasteiger charge is -2.30. The number of hydrogen-bond donors (Lipinski definition) is 1. The highest BCUT2D eigenvalue weighted by atomic mass is 16.6. The zero-order chi connectivity index (χ0) is 20.9. The molecule has 2 aliphatic heterocycles. The molecule has 30 heavy (non-hydrogen) atoms. The van der Waals surface area contributed by atoms with Gasteiger partial charge in [-0.25, -0.2) is 0 Å². The van der Waals surface area contributed by atoms with Crippen molar-refractivity contribution < 1.29 is 19.0 Å². The third kappa shape index (κ3) is 5.25. The summed E-state index contributed by atoms with van der Waals surface area (Å²) in [7, 11) is 2.09. The Balaban J connectivity index is 1.29. The van der Waals surface area contributed by atoms with E-state index in [4.69, 9.17) is 14.2 Å². The molecule has 6 nitrogen and oxygen atoms in total. The van der Waals surface area contributed by atoms with E-state index in [9.17, 15) is 4.79 Å². The molecule has 2 aliphatic rings. The van der Waals surface area contributed by atoms with Crippen LogP contribution < -0.4 is 19.5 Å². The number of nitrogens with one attached hydrogen (secondary N) is 1. The summed E-state index contributed by atoms with van der Waals surface area (Å²) in [6.07, 6.45) is 1.61. The van der Waals surface area contributed by atoms with Crippen LogP contribution in [-0.4, -0.2) is 50.2 Å². The Labute approximate surface area is 178 Å². The molecule has 2 aromatic rings. The van der Waals surface area contributed by atoms with Crippen LogP contribution in [-0.2, 0) is 11.4 Å². The molecular weight excluding hydrogens is 380 g/mol. The number of ether oxygens (including phenoxy) is 3. The van der Waals surface area contributed by atoms with Gasteiger partial charge < -0.3 is 24.4 Å². The number of carbonyl (C=O) groups excluding carboxylic acids is 1. The first-order valence-corrected chi connectivity index (χ1v) is 10.6. The lowest BCUT2D eigenvalue weighted by Crippen LogP contribution is -2.44. The smallest absolute Gasteiger partial charge is 0.223 e. The van der Waals surface area contributed by atoms with Crippen LogP contribution >= 0.6 is 0 Å². The van der Waals surface area contributed by atoms with Gasteiger partial charge in [-0.15, -0.1) is 0 Å². The molecule has 1 amide bonds. The summed E-state index contributed by atoms with van der Waals surface area (Å²) in [5.74, 6) is 2.31. The van der Waals surface area contributed by atoms with Gasteiger partial charge >= 0.3 is 0 Å². The predicted octanol–water partition coefficient (Wildman–Crippen LogP) is 3.17. The topological polar surface area (TPSA) is 60.0 Å². The zero-order valence-corrected chi connectivity index (χ0v) is 17.7. The molecule has 1 fully saturated rings. The standard InChI is InChI=1S/C24H30N2O4/c1-17-4-3-5-18(12-17)15-28-20-6-7-22-23(13-20)30-21(16-29-22)14-25-24(27)19-8-10-26(2)11-9-19/h3-7,12-13,19,21H,8-11,14-16H2,1-2H3,(H,25,27)/t21-/m1/s1. The van der Waals surface area contributed by atoms with Crippen molar-refractivity contribution in [2.75, 3.05) is 33.3 Å². The number of fused-ring (bicyclic) bond motifs is 1. The number of hydrogen-bond acceptors (Lipinski definition) is 5. The number of likely N-dealkylation sites (tertiary alicyclic amines) is 1. The minimum Gasteiger partial charge on any atom is -0.489 e. The minimum atomic E-state index is -0.209. The predicted molar refractivity (Wildman–Crippen MR) is 115 cm³/mol. The molecule has 0 unspecified atom stereocenters. The maximum Gasteiger partial charge on any atom is 0.223 e. The maximum absolute atomic E-state index is 12.4. The largest absolute Gasteiger partial charge is 0.489 e. The van der Waals surface area contributed by atoms with Crippen LogP contribution in [0.2, 0.25) is 0 Å². The second-order valence-electron chi connectivity index (χ2n) is 8.26. The van der Waals surface area contributed by atoms with E-state index in [0.29, 0.717) is 31.3 Å². The summed E-state index contributed by atoms with van der Waals surface area (Å²) < 4.78 is 17.8. The van der Waals surface area contributed by atoms with Crippen molar-refractivity contribution in [3.05, 3.63) is 53.6 Å². The normalized spacial score (nSPS) is 19.3. The van der Waals surface area contributed by atoms with Crippen molar-refractivity contribution in [2.45, 2.75) is 32.5 Å². The van der Waals surface area contributed by atoms with Gasteiger partial charge in [0.05, 0.1) is 6.54 Å². The third-order valence-electron chi connectivity index (χ3n) is 5.71. The number of benzene rings is 2. The highest BCUT2D eigenvalue weighted by Crippen LogP contribution is 2.35. The van der Waals surface area contributed by atoms with E-state index in [0.717, 1.165) is 37.2 Å². The maximum atomic E-state index is 12.4. The Morgan fingerprint density at radius 3 is 2.80 bits per heavy atom. The number of nitrogens with zero attached hydrogens (tertiary/aromatic N) is 1. The summed E-state index contributed by atoms with van der Waals surface area (Å²) in [4.78, 5) is 14.7. The molecule has 0 aliphatic carbocycles. The number of piperidine rings is 1. The van der Waals surface area contributed by atoms with Crippen molar-refractivity contribution in [3.8, 4) is 17.2 Å². The molecule has 0 radical (unpaired) electrons. The monoisotopic (exact) mass is 410 g/mol. The zero-order valence-electron chi connectivity index (χ0n) is 17.7. The molecule has 2 heterocycles. The van der Waals surface area contributed by atoms with Crippen LogP contribution in [0.15, 0.2) is 42.5 Å². The van der Waals surface area contributed by atoms with E-state index in [1.54, 1.807) is 0 Å². The Bertz CT molecular complexity index is 877. The van der Waals surface area contributed by atoms with Gasteiger partial charge in [0, 0.05) is 12.0 Å². The molecule has 1 saturated heterocycles. The van der Waals surface area contributed by atoms with E-state index < -0.39 is 0 Å². The number of amides is 1. The molecule has 0 aromatic heterocycles. The average molecular weight is 411 g/mol. The molecule has 0 spiro atoms. The van der Waals surface area contributed by atoms with Crippen molar-refractivity contribution in [1.29, 1.82) is 0 Å². The van der Waals surface area contributed by atoms with E-state index in [1.807, 2.05) is 30.3 Å². The van der Waals surface area contributed by atoms with Gasteiger partial charge in [0.1, 0.15) is 25.1 Å². The quantitative estimate of drug-likeness (QED) is 0.793. The van der Waals surface area contributed by atoms with E-state index in [2.05, 4.69) is 36.3 Å². The highest BCUT2D eigenvalue weighted by molar-refractivity contribution is 5.78. The lowest BCUT2D eigenvalue weighted by atomic mass is 9.96. The first-order valence-electron chi connectivity index (χ1n) is 10.6. The van der Waals surface area contributed by atoms with Gasteiger partial charge in [0.25, 0.3) is 0 Å². The van der Waals surface area contributed by atoms with E-state index in [1.165, 1.54) is 5.56 Å². The minimum absolute atomic E-state index is 0.0969. The van der Waals surface area contributed by atoms with Gasteiger partial charge in [-0.3, -0.25) is 4.79 Å². The third-order valence-corrected chi connectivity index (χ3v) is 5.71. The van der Waals surface area contributed by atoms with Crippen molar-refractivity contribution in [1.82, 2.24) is 10.2 Å². The number of carbonyl (C=O) groups is 1. The van der Waals surface area contributed by atoms with Crippen molar-refractivity contribution >= 4 is 5.91 Å². The Morgan fingerprint density at radius 2 is 2.00 bits per heavy atom. The van der Waals surface area contributed by atoms with Crippen molar-refractivity contribution in [2.24, 2.45) is 5.92 Å². The number of rotatable bonds is 6. The molecule has 160 valence electrons. The first-order chi connectivity index (χ1) is 14.6. The molecule has 2 aromatic carbocycles. The second kappa shape index (κ2) is 9.39. The summed E-state index contributed by atoms with van der Waals surface area (Å²) >= 11 is 0. The highest BCUT2D eigenvalue weighted by Gasteiger charge is 2.26.